The second-order valence-electron chi connectivity index (χ2n) is 5.86. The van der Waals surface area contributed by atoms with Gasteiger partial charge in [0, 0.05) is 6.92 Å². The highest BCUT2D eigenvalue weighted by Crippen LogP contribution is 2.22. The lowest BCUT2D eigenvalue weighted by Crippen LogP contribution is -2.64. The van der Waals surface area contributed by atoms with Crippen LogP contribution in [0, 0.1) is 0 Å². The quantitative estimate of drug-likeness (QED) is 0.260. The summed E-state index contributed by atoms with van der Waals surface area (Å²) in [5.41, 5.74) is 0. The zero-order chi connectivity index (χ0) is 18.0. The van der Waals surface area contributed by atoms with Gasteiger partial charge in [0.2, 0.25) is 5.91 Å². The minimum Gasteiger partial charge on any atom is -0.388 e. The van der Waals surface area contributed by atoms with E-state index in [9.17, 15) is 35.4 Å². The van der Waals surface area contributed by atoms with Gasteiger partial charge in [0.05, 0.1) is 13.2 Å². The van der Waals surface area contributed by atoms with Gasteiger partial charge in [0.25, 0.3) is 0 Å². The monoisotopic (exact) mass is 353 g/mol. The first kappa shape index (κ1) is 19.4. The molecule has 0 unspecified atom stereocenters. The predicted molar refractivity (Wildman–Crippen MR) is 74.2 cm³/mol. The molecule has 0 aliphatic carbocycles. The number of aliphatic hydroxyl groups is 6. The van der Waals surface area contributed by atoms with Crippen molar-refractivity contribution in [1.82, 2.24) is 5.32 Å². The zero-order valence-corrected chi connectivity index (χ0v) is 12.9. The van der Waals surface area contributed by atoms with E-state index in [0.717, 1.165) is 0 Å². The van der Waals surface area contributed by atoms with Crippen LogP contribution in [0.15, 0.2) is 0 Å². The molecule has 2 aliphatic heterocycles. The third kappa shape index (κ3) is 4.20. The fourth-order valence-corrected chi connectivity index (χ4v) is 2.59. The molecule has 0 bridgehead atoms. The number of rotatable bonds is 4. The normalized spacial score (nSPS) is 46.5. The van der Waals surface area contributed by atoms with Crippen molar-refractivity contribution >= 4 is 5.91 Å². The maximum atomic E-state index is 11.0. The molecule has 1 amide bonds. The number of nitrogens with one attached hydrogen (secondary N) is 1. The molecule has 2 fully saturated rings. The van der Waals surface area contributed by atoms with Gasteiger partial charge in [0.1, 0.15) is 42.7 Å². The summed E-state index contributed by atoms with van der Waals surface area (Å²) >= 11 is 0. The van der Waals surface area contributed by atoms with Crippen molar-refractivity contribution < 1.29 is 49.6 Å². The van der Waals surface area contributed by atoms with Gasteiger partial charge in [-0.1, -0.05) is 0 Å². The molecular weight excluding hydrogens is 330 g/mol. The number of carbonyl (C=O) groups excluding carboxylic acids is 1. The Labute approximate surface area is 137 Å². The largest absolute Gasteiger partial charge is 0.388 e. The van der Waals surface area contributed by atoms with E-state index in [4.69, 9.17) is 14.2 Å². The Kier molecular flexibility index (Phi) is 6.47. The van der Waals surface area contributed by atoms with Crippen LogP contribution in [0.5, 0.6) is 0 Å². The molecule has 7 N–H and O–H groups in total. The van der Waals surface area contributed by atoms with Gasteiger partial charge in [-0.25, -0.2) is 0 Å². The summed E-state index contributed by atoms with van der Waals surface area (Å²) in [6.07, 6.45) is -11.2. The van der Waals surface area contributed by atoms with Crippen molar-refractivity contribution in [1.29, 1.82) is 0 Å². The zero-order valence-electron chi connectivity index (χ0n) is 12.9. The van der Waals surface area contributed by atoms with Crippen LogP contribution in [0.1, 0.15) is 6.92 Å². The Hall–Kier alpha value is -0.890. The van der Waals surface area contributed by atoms with E-state index in [1.54, 1.807) is 0 Å². The molecule has 11 nitrogen and oxygen atoms in total. The second-order valence-corrected chi connectivity index (χ2v) is 5.86. The molecule has 0 aromatic rings. The maximum absolute atomic E-state index is 11.0. The van der Waals surface area contributed by atoms with Gasteiger partial charge in [-0.3, -0.25) is 4.79 Å². The predicted octanol–water partition coefficient (Wildman–Crippen LogP) is -4.61. The first-order chi connectivity index (χ1) is 11.2. The third-order valence-corrected chi connectivity index (χ3v) is 3.97. The number of hydrogen-bond donors (Lipinski definition) is 7. The molecular formula is C13H23NO10. The van der Waals surface area contributed by atoms with Crippen molar-refractivity contribution in [3.05, 3.63) is 0 Å². The van der Waals surface area contributed by atoms with Crippen LogP contribution in [0.2, 0.25) is 0 Å². The van der Waals surface area contributed by atoms with E-state index in [1.165, 1.54) is 6.92 Å². The summed E-state index contributed by atoms with van der Waals surface area (Å²) < 4.78 is 15.3. The Morgan fingerprint density at radius 2 is 1.75 bits per heavy atom. The molecule has 11 heteroatoms. The number of carbonyl (C=O) groups is 1. The average molecular weight is 353 g/mol. The van der Waals surface area contributed by atoms with Crippen molar-refractivity contribution in [2.45, 2.75) is 62.2 Å². The highest BCUT2D eigenvalue weighted by molar-refractivity contribution is 5.73. The molecule has 0 aromatic heterocycles. The summed E-state index contributed by atoms with van der Waals surface area (Å²) in [5.74, 6) is -0.519. The number of hydrogen-bond acceptors (Lipinski definition) is 10. The van der Waals surface area contributed by atoms with Crippen LogP contribution < -0.4 is 5.32 Å². The van der Waals surface area contributed by atoms with Crippen LogP contribution in [0.4, 0.5) is 0 Å². The van der Waals surface area contributed by atoms with Crippen LogP contribution >= 0.6 is 0 Å². The smallest absolute Gasteiger partial charge is 0.217 e. The van der Waals surface area contributed by atoms with E-state index in [0.29, 0.717) is 0 Å². The van der Waals surface area contributed by atoms with Gasteiger partial charge in [-0.05, 0) is 0 Å². The van der Waals surface area contributed by atoms with E-state index >= 15 is 0 Å². The van der Waals surface area contributed by atoms with Crippen LogP contribution in [0.3, 0.4) is 0 Å². The second kappa shape index (κ2) is 7.99. The molecule has 9 atom stereocenters. The molecule has 2 heterocycles. The molecule has 2 aliphatic rings. The molecule has 24 heavy (non-hydrogen) atoms. The van der Waals surface area contributed by atoms with Gasteiger partial charge in [-0.15, -0.1) is 0 Å². The molecule has 0 saturated carbocycles. The van der Waals surface area contributed by atoms with Gasteiger partial charge in [0.15, 0.2) is 12.6 Å². The lowest BCUT2D eigenvalue weighted by molar-refractivity contribution is -0.298. The van der Waals surface area contributed by atoms with Crippen LogP contribution in [-0.4, -0.2) is 105 Å². The lowest BCUT2D eigenvalue weighted by Gasteiger charge is -2.41. The van der Waals surface area contributed by atoms with E-state index in [2.05, 4.69) is 5.32 Å². The number of ether oxygens (including phenoxy) is 3. The summed E-state index contributed by atoms with van der Waals surface area (Å²) in [7, 11) is 0. The number of amides is 1. The lowest BCUT2D eigenvalue weighted by atomic mass is 9.97. The fourth-order valence-electron chi connectivity index (χ4n) is 2.59. The number of aliphatic hydroxyl groups excluding tert-OH is 6. The summed E-state index contributed by atoms with van der Waals surface area (Å²) in [6, 6.07) is -1.21. The Balaban J connectivity index is 1.90. The van der Waals surface area contributed by atoms with Gasteiger partial charge < -0.3 is 50.2 Å². The Bertz CT molecular complexity index is 437. The maximum Gasteiger partial charge on any atom is 0.217 e. The average Bonchev–Trinajstić information content (AvgIpc) is 2.52. The summed E-state index contributed by atoms with van der Waals surface area (Å²) in [5, 5.41) is 60.7. The van der Waals surface area contributed by atoms with Crippen molar-refractivity contribution in [3.8, 4) is 0 Å². The minimum absolute atomic E-state index is 0.257. The Morgan fingerprint density at radius 3 is 2.38 bits per heavy atom. The molecule has 2 rings (SSSR count). The molecule has 0 spiro atoms. The van der Waals surface area contributed by atoms with Crippen molar-refractivity contribution in [3.63, 3.8) is 0 Å². The molecule has 0 radical (unpaired) electrons. The van der Waals surface area contributed by atoms with Crippen molar-refractivity contribution in [2.24, 2.45) is 0 Å². The van der Waals surface area contributed by atoms with Gasteiger partial charge in [-0.2, -0.15) is 0 Å². The van der Waals surface area contributed by atoms with Crippen LogP contribution in [-0.2, 0) is 19.0 Å². The highest BCUT2D eigenvalue weighted by Gasteiger charge is 2.45. The van der Waals surface area contributed by atoms with E-state index in [-0.39, 0.29) is 13.2 Å². The van der Waals surface area contributed by atoms with Crippen molar-refractivity contribution in [2.75, 3.05) is 13.2 Å². The SMILES string of the molecule is CC(=O)N[C@@H]1[C@@H](O)[C@H](O)[C@@H](CO[C@@H]2OC[C@H](O)[C@H](O)[C@H]2O)O[C@H]1O. The first-order valence-corrected chi connectivity index (χ1v) is 7.46. The Morgan fingerprint density at radius 1 is 1.08 bits per heavy atom. The first-order valence-electron chi connectivity index (χ1n) is 7.46. The fraction of sp³-hybridized carbons (Fsp3) is 0.923. The standard InChI is InChI=1S/C13H23NO10/c1-4(15)14-7-10(19)9(18)6(24-12(7)21)3-23-13-11(20)8(17)5(16)2-22-13/h5-13,16-21H,2-3H2,1H3,(H,14,15)/t5-,6+,7+,8-,9+,10+,11+,12+,13-/m0/s1. The summed E-state index contributed by atoms with van der Waals surface area (Å²) in [6.45, 7) is 0.544. The topological polar surface area (TPSA) is 178 Å². The molecule has 2 saturated heterocycles. The molecule has 140 valence electrons. The van der Waals surface area contributed by atoms with Gasteiger partial charge >= 0.3 is 0 Å². The summed E-state index contributed by atoms with van der Waals surface area (Å²) in [4.78, 5) is 11.0. The minimum atomic E-state index is -1.58. The third-order valence-electron chi connectivity index (χ3n) is 3.97. The van der Waals surface area contributed by atoms with E-state index < -0.39 is 61.2 Å². The molecule has 0 aromatic carbocycles. The van der Waals surface area contributed by atoms with Crippen LogP contribution in [0.25, 0.3) is 0 Å². The van der Waals surface area contributed by atoms with E-state index in [1.807, 2.05) is 0 Å². The highest BCUT2D eigenvalue weighted by atomic mass is 16.7.